The summed E-state index contributed by atoms with van der Waals surface area (Å²) in [6.07, 6.45) is 3.15. The van der Waals surface area contributed by atoms with E-state index in [9.17, 15) is 0 Å². The third-order valence-corrected chi connectivity index (χ3v) is 2.78. The molecule has 0 spiro atoms. The van der Waals surface area contributed by atoms with Crippen LogP contribution < -0.4 is 5.32 Å². The van der Waals surface area contributed by atoms with Crippen molar-refractivity contribution in [2.24, 2.45) is 0 Å². The first kappa shape index (κ1) is 12.7. The fourth-order valence-corrected chi connectivity index (χ4v) is 1.79. The summed E-state index contributed by atoms with van der Waals surface area (Å²) in [6.45, 7) is 14.0. The van der Waals surface area contributed by atoms with Crippen molar-refractivity contribution in [2.75, 3.05) is 39.3 Å². The molecule has 1 heterocycles. The Morgan fingerprint density at radius 2 is 2.20 bits per heavy atom. The Kier molecular flexibility index (Phi) is 5.29. The van der Waals surface area contributed by atoms with Gasteiger partial charge in [-0.3, -0.25) is 4.90 Å². The largest absolute Gasteiger partial charge is 0.371 e. The average Bonchev–Trinajstić information content (AvgIpc) is 2.16. The summed E-state index contributed by atoms with van der Waals surface area (Å²) in [5.41, 5.74) is 0.0893. The SMILES string of the molecule is C=CCN(CCC)CCOC1(C)CNC1. The highest BCUT2D eigenvalue weighted by molar-refractivity contribution is 4.90. The van der Waals surface area contributed by atoms with Gasteiger partial charge < -0.3 is 10.1 Å². The van der Waals surface area contributed by atoms with Crippen LogP contribution in [0.4, 0.5) is 0 Å². The fraction of sp³-hybridized carbons (Fsp3) is 0.833. The quantitative estimate of drug-likeness (QED) is 0.613. The van der Waals surface area contributed by atoms with Crippen molar-refractivity contribution in [1.29, 1.82) is 0 Å². The molecule has 15 heavy (non-hydrogen) atoms. The molecule has 0 aromatic rings. The monoisotopic (exact) mass is 212 g/mol. The highest BCUT2D eigenvalue weighted by atomic mass is 16.5. The Balaban J connectivity index is 2.12. The van der Waals surface area contributed by atoms with Gasteiger partial charge >= 0.3 is 0 Å². The molecule has 0 atom stereocenters. The molecule has 1 aliphatic rings. The molecule has 0 aromatic carbocycles. The van der Waals surface area contributed by atoms with Gasteiger partial charge in [0.15, 0.2) is 0 Å². The maximum atomic E-state index is 5.85. The minimum Gasteiger partial charge on any atom is -0.371 e. The van der Waals surface area contributed by atoms with Crippen LogP contribution in [0.1, 0.15) is 20.3 Å². The molecule has 0 bridgehead atoms. The first-order chi connectivity index (χ1) is 7.20. The van der Waals surface area contributed by atoms with Gasteiger partial charge in [-0.15, -0.1) is 6.58 Å². The molecule has 3 heteroatoms. The molecule has 1 rings (SSSR count). The number of hydrogen-bond donors (Lipinski definition) is 1. The molecule has 1 saturated heterocycles. The van der Waals surface area contributed by atoms with E-state index in [1.807, 2.05) is 6.08 Å². The van der Waals surface area contributed by atoms with E-state index in [-0.39, 0.29) is 5.60 Å². The van der Waals surface area contributed by atoms with Crippen molar-refractivity contribution in [1.82, 2.24) is 10.2 Å². The van der Waals surface area contributed by atoms with Crippen LogP contribution in [0.15, 0.2) is 12.7 Å². The molecule has 1 aliphatic heterocycles. The second-order valence-corrected chi connectivity index (χ2v) is 4.49. The van der Waals surface area contributed by atoms with E-state index in [1.54, 1.807) is 0 Å². The predicted molar refractivity (Wildman–Crippen MR) is 64.2 cm³/mol. The van der Waals surface area contributed by atoms with Gasteiger partial charge in [0, 0.05) is 26.2 Å². The number of nitrogens with zero attached hydrogens (tertiary/aromatic N) is 1. The van der Waals surface area contributed by atoms with Crippen LogP contribution in [0.2, 0.25) is 0 Å². The number of nitrogens with one attached hydrogen (secondary N) is 1. The molecule has 0 unspecified atom stereocenters. The molecule has 1 fully saturated rings. The maximum absolute atomic E-state index is 5.85. The van der Waals surface area contributed by atoms with Gasteiger partial charge in [0.25, 0.3) is 0 Å². The third kappa shape index (κ3) is 4.33. The molecule has 0 amide bonds. The Labute approximate surface area is 93.5 Å². The van der Waals surface area contributed by atoms with E-state index in [0.29, 0.717) is 0 Å². The Morgan fingerprint density at radius 3 is 2.67 bits per heavy atom. The fourth-order valence-electron chi connectivity index (χ4n) is 1.79. The Hall–Kier alpha value is -0.380. The summed E-state index contributed by atoms with van der Waals surface area (Å²) >= 11 is 0. The van der Waals surface area contributed by atoms with Crippen LogP contribution in [0, 0.1) is 0 Å². The first-order valence-corrected chi connectivity index (χ1v) is 5.88. The lowest BCUT2D eigenvalue weighted by molar-refractivity contribution is -0.0715. The molecule has 1 N–H and O–H groups in total. The lowest BCUT2D eigenvalue weighted by Crippen LogP contribution is -2.59. The highest BCUT2D eigenvalue weighted by Gasteiger charge is 2.32. The van der Waals surface area contributed by atoms with E-state index >= 15 is 0 Å². The molecular formula is C12H24N2O. The smallest absolute Gasteiger partial charge is 0.0902 e. The summed E-state index contributed by atoms with van der Waals surface area (Å²) in [5.74, 6) is 0. The normalized spacial score (nSPS) is 18.9. The molecule has 0 radical (unpaired) electrons. The number of rotatable bonds is 8. The van der Waals surface area contributed by atoms with Gasteiger partial charge in [-0.05, 0) is 19.9 Å². The van der Waals surface area contributed by atoms with Gasteiger partial charge in [0.05, 0.1) is 12.2 Å². The van der Waals surface area contributed by atoms with Gasteiger partial charge in [0.1, 0.15) is 0 Å². The molecule has 0 aromatic heterocycles. The third-order valence-electron chi connectivity index (χ3n) is 2.78. The molecule has 0 aliphatic carbocycles. The van der Waals surface area contributed by atoms with Crippen molar-refractivity contribution in [2.45, 2.75) is 25.9 Å². The molecule has 3 nitrogen and oxygen atoms in total. The van der Waals surface area contributed by atoms with Crippen LogP contribution in [0.25, 0.3) is 0 Å². The van der Waals surface area contributed by atoms with Crippen LogP contribution >= 0.6 is 0 Å². The summed E-state index contributed by atoms with van der Waals surface area (Å²) in [7, 11) is 0. The van der Waals surface area contributed by atoms with E-state index in [1.165, 1.54) is 6.42 Å². The number of hydrogen-bond acceptors (Lipinski definition) is 3. The first-order valence-electron chi connectivity index (χ1n) is 5.88. The second kappa shape index (κ2) is 6.26. The van der Waals surface area contributed by atoms with E-state index < -0.39 is 0 Å². The zero-order chi connectivity index (χ0) is 11.1. The Morgan fingerprint density at radius 1 is 1.47 bits per heavy atom. The van der Waals surface area contributed by atoms with Crippen molar-refractivity contribution in [3.8, 4) is 0 Å². The predicted octanol–water partition coefficient (Wildman–Crippen LogP) is 1.26. The summed E-state index contributed by atoms with van der Waals surface area (Å²) in [5, 5.41) is 3.24. The minimum absolute atomic E-state index is 0.0893. The second-order valence-electron chi connectivity index (χ2n) is 4.49. The summed E-state index contributed by atoms with van der Waals surface area (Å²) in [6, 6.07) is 0. The number of ether oxygens (including phenoxy) is 1. The lowest BCUT2D eigenvalue weighted by Gasteiger charge is -2.39. The Bertz CT molecular complexity index is 190. The van der Waals surface area contributed by atoms with Crippen molar-refractivity contribution >= 4 is 0 Å². The average molecular weight is 212 g/mol. The van der Waals surface area contributed by atoms with Gasteiger partial charge in [-0.25, -0.2) is 0 Å². The minimum atomic E-state index is 0.0893. The molecule has 88 valence electrons. The van der Waals surface area contributed by atoms with Crippen molar-refractivity contribution in [3.63, 3.8) is 0 Å². The standard InChI is InChI=1S/C12H24N2O/c1-4-6-14(7-5-2)8-9-15-12(3)10-13-11-12/h4,13H,1,5-11H2,2-3H3. The van der Waals surface area contributed by atoms with Crippen molar-refractivity contribution < 1.29 is 4.74 Å². The summed E-state index contributed by atoms with van der Waals surface area (Å²) < 4.78 is 5.85. The van der Waals surface area contributed by atoms with E-state index in [2.05, 4.69) is 30.6 Å². The van der Waals surface area contributed by atoms with Gasteiger partial charge in [-0.2, -0.15) is 0 Å². The zero-order valence-electron chi connectivity index (χ0n) is 10.1. The van der Waals surface area contributed by atoms with Crippen molar-refractivity contribution in [3.05, 3.63) is 12.7 Å². The topological polar surface area (TPSA) is 24.5 Å². The van der Waals surface area contributed by atoms with Gasteiger partial charge in [-0.1, -0.05) is 13.0 Å². The van der Waals surface area contributed by atoms with Gasteiger partial charge in [0.2, 0.25) is 0 Å². The van der Waals surface area contributed by atoms with Crippen LogP contribution in [-0.4, -0.2) is 49.8 Å². The zero-order valence-corrected chi connectivity index (χ0v) is 10.1. The van der Waals surface area contributed by atoms with Crippen LogP contribution in [0.5, 0.6) is 0 Å². The molecular weight excluding hydrogens is 188 g/mol. The van der Waals surface area contributed by atoms with E-state index in [4.69, 9.17) is 4.74 Å². The van der Waals surface area contributed by atoms with Crippen LogP contribution in [0.3, 0.4) is 0 Å². The highest BCUT2D eigenvalue weighted by Crippen LogP contribution is 2.14. The van der Waals surface area contributed by atoms with Crippen LogP contribution in [-0.2, 0) is 4.74 Å². The maximum Gasteiger partial charge on any atom is 0.0902 e. The van der Waals surface area contributed by atoms with E-state index in [0.717, 1.165) is 39.3 Å². The lowest BCUT2D eigenvalue weighted by atomic mass is 10.0. The summed E-state index contributed by atoms with van der Waals surface area (Å²) in [4.78, 5) is 2.38. The molecule has 0 saturated carbocycles.